The lowest BCUT2D eigenvalue weighted by atomic mass is 9.92. The van der Waals surface area contributed by atoms with Gasteiger partial charge in [-0.05, 0) is 50.5 Å². The normalized spacial score (nSPS) is 21.5. The molecule has 2 unspecified atom stereocenters. The SMILES string of the molecule is Cc1nn(CC(C)C)c(C)c1CCC(=O)N1CCC(C)CC1CN. The third-order valence-corrected chi connectivity index (χ3v) is 5.23. The molecule has 2 N–H and O–H groups in total. The fourth-order valence-electron chi connectivity index (χ4n) is 3.80. The van der Waals surface area contributed by atoms with Crippen molar-refractivity contribution in [2.45, 2.75) is 72.9 Å². The summed E-state index contributed by atoms with van der Waals surface area (Å²) < 4.78 is 2.09. The Labute approximate surface area is 146 Å². The lowest BCUT2D eigenvalue weighted by molar-refractivity contribution is -0.135. The fraction of sp³-hybridized carbons (Fsp3) is 0.789. The van der Waals surface area contributed by atoms with E-state index in [-0.39, 0.29) is 11.9 Å². The molecule has 1 fully saturated rings. The Morgan fingerprint density at radius 1 is 1.38 bits per heavy atom. The van der Waals surface area contributed by atoms with Crippen LogP contribution in [-0.2, 0) is 17.8 Å². The second-order valence-electron chi connectivity index (χ2n) is 7.83. The van der Waals surface area contributed by atoms with E-state index in [1.807, 2.05) is 4.90 Å². The van der Waals surface area contributed by atoms with Crippen LogP contribution in [0.25, 0.3) is 0 Å². The van der Waals surface area contributed by atoms with E-state index in [1.165, 1.54) is 11.3 Å². The van der Waals surface area contributed by atoms with Gasteiger partial charge in [0, 0.05) is 37.8 Å². The molecule has 5 heteroatoms. The van der Waals surface area contributed by atoms with Crippen LogP contribution in [0.3, 0.4) is 0 Å². The van der Waals surface area contributed by atoms with Crippen LogP contribution >= 0.6 is 0 Å². The number of amides is 1. The molecule has 1 aliphatic heterocycles. The maximum absolute atomic E-state index is 12.7. The second-order valence-corrected chi connectivity index (χ2v) is 7.83. The molecule has 1 saturated heterocycles. The Kier molecular flexibility index (Phi) is 6.44. The molecule has 1 aromatic rings. The van der Waals surface area contributed by atoms with Gasteiger partial charge >= 0.3 is 0 Å². The molecule has 136 valence electrons. The van der Waals surface area contributed by atoms with Crippen molar-refractivity contribution < 1.29 is 4.79 Å². The van der Waals surface area contributed by atoms with Crippen LogP contribution in [-0.4, -0.2) is 39.7 Å². The molecular formula is C19H34N4O. The summed E-state index contributed by atoms with van der Waals surface area (Å²) in [6.45, 7) is 13.2. The Hall–Kier alpha value is -1.36. The van der Waals surface area contributed by atoms with Gasteiger partial charge in [-0.1, -0.05) is 20.8 Å². The van der Waals surface area contributed by atoms with Crippen LogP contribution < -0.4 is 5.73 Å². The van der Waals surface area contributed by atoms with Crippen molar-refractivity contribution in [1.82, 2.24) is 14.7 Å². The molecule has 0 aromatic carbocycles. The van der Waals surface area contributed by atoms with Crippen molar-refractivity contribution in [2.24, 2.45) is 17.6 Å². The van der Waals surface area contributed by atoms with E-state index in [0.717, 1.165) is 38.0 Å². The molecule has 2 atom stereocenters. The summed E-state index contributed by atoms with van der Waals surface area (Å²) in [5.74, 6) is 1.48. The minimum absolute atomic E-state index is 0.215. The lowest BCUT2D eigenvalue weighted by Crippen LogP contribution is -2.49. The first-order chi connectivity index (χ1) is 11.3. The van der Waals surface area contributed by atoms with Gasteiger partial charge in [0.15, 0.2) is 0 Å². The van der Waals surface area contributed by atoms with Crippen LogP contribution in [0.4, 0.5) is 0 Å². The smallest absolute Gasteiger partial charge is 0.223 e. The molecular weight excluding hydrogens is 300 g/mol. The molecule has 2 heterocycles. The van der Waals surface area contributed by atoms with Crippen LogP contribution in [0.15, 0.2) is 0 Å². The average Bonchev–Trinajstić information content (AvgIpc) is 2.78. The number of likely N-dealkylation sites (tertiary alicyclic amines) is 1. The third-order valence-electron chi connectivity index (χ3n) is 5.23. The molecule has 0 saturated carbocycles. The minimum atomic E-state index is 0.215. The maximum Gasteiger partial charge on any atom is 0.223 e. The van der Waals surface area contributed by atoms with Gasteiger partial charge in [-0.15, -0.1) is 0 Å². The molecule has 0 bridgehead atoms. The first-order valence-corrected chi connectivity index (χ1v) is 9.35. The summed E-state index contributed by atoms with van der Waals surface area (Å²) in [6, 6.07) is 0.215. The van der Waals surface area contributed by atoms with Gasteiger partial charge in [0.05, 0.1) is 5.69 Å². The van der Waals surface area contributed by atoms with Crippen molar-refractivity contribution in [3.63, 3.8) is 0 Å². The minimum Gasteiger partial charge on any atom is -0.338 e. The Balaban J connectivity index is 2.00. The number of hydrogen-bond acceptors (Lipinski definition) is 3. The van der Waals surface area contributed by atoms with E-state index in [2.05, 4.69) is 44.4 Å². The van der Waals surface area contributed by atoms with Gasteiger partial charge < -0.3 is 10.6 Å². The predicted octanol–water partition coefficient (Wildman–Crippen LogP) is 2.67. The van der Waals surface area contributed by atoms with Crippen LogP contribution in [0.1, 0.15) is 57.0 Å². The third kappa shape index (κ3) is 4.38. The number of piperidine rings is 1. The molecule has 1 aromatic heterocycles. The van der Waals surface area contributed by atoms with Gasteiger partial charge in [-0.2, -0.15) is 5.10 Å². The van der Waals surface area contributed by atoms with E-state index < -0.39 is 0 Å². The number of rotatable bonds is 6. The molecule has 0 radical (unpaired) electrons. The van der Waals surface area contributed by atoms with Gasteiger partial charge in [0.2, 0.25) is 5.91 Å². The van der Waals surface area contributed by atoms with Crippen LogP contribution in [0.5, 0.6) is 0 Å². The largest absolute Gasteiger partial charge is 0.338 e. The van der Waals surface area contributed by atoms with Crippen LogP contribution in [0.2, 0.25) is 0 Å². The number of carbonyl (C=O) groups is 1. The number of aromatic nitrogens is 2. The number of hydrogen-bond donors (Lipinski definition) is 1. The molecule has 0 spiro atoms. The van der Waals surface area contributed by atoms with Crippen molar-refractivity contribution in [3.05, 3.63) is 17.0 Å². The highest BCUT2D eigenvalue weighted by atomic mass is 16.2. The second kappa shape index (κ2) is 8.15. The van der Waals surface area contributed by atoms with Gasteiger partial charge in [-0.25, -0.2) is 0 Å². The highest BCUT2D eigenvalue weighted by Crippen LogP contribution is 2.23. The number of nitrogens with two attached hydrogens (primary N) is 1. The monoisotopic (exact) mass is 334 g/mol. The zero-order chi connectivity index (χ0) is 17.9. The van der Waals surface area contributed by atoms with Crippen molar-refractivity contribution in [1.29, 1.82) is 0 Å². The van der Waals surface area contributed by atoms with E-state index in [9.17, 15) is 4.79 Å². The highest BCUT2D eigenvalue weighted by Gasteiger charge is 2.28. The summed E-state index contributed by atoms with van der Waals surface area (Å²) in [4.78, 5) is 14.7. The first kappa shape index (κ1) is 19.0. The first-order valence-electron chi connectivity index (χ1n) is 9.35. The molecule has 2 rings (SSSR count). The summed E-state index contributed by atoms with van der Waals surface area (Å²) in [5, 5.41) is 4.65. The molecule has 1 amide bonds. The number of aryl methyl sites for hydroxylation is 1. The van der Waals surface area contributed by atoms with E-state index >= 15 is 0 Å². The molecule has 1 aliphatic rings. The topological polar surface area (TPSA) is 64.2 Å². The fourth-order valence-corrected chi connectivity index (χ4v) is 3.80. The Morgan fingerprint density at radius 3 is 2.71 bits per heavy atom. The molecule has 5 nitrogen and oxygen atoms in total. The molecule has 0 aliphatic carbocycles. The predicted molar refractivity (Wildman–Crippen MR) is 97.8 cm³/mol. The lowest BCUT2D eigenvalue weighted by Gasteiger charge is -2.38. The molecule has 24 heavy (non-hydrogen) atoms. The standard InChI is InChI=1S/C19H34N4O/c1-13(2)12-23-16(5)18(15(4)21-23)6-7-19(24)22-9-8-14(3)10-17(22)11-20/h13-14,17H,6-12,20H2,1-5H3. The number of nitrogens with zero attached hydrogens (tertiary/aromatic N) is 3. The zero-order valence-electron chi connectivity index (χ0n) is 16.0. The Morgan fingerprint density at radius 2 is 2.08 bits per heavy atom. The Bertz CT molecular complexity index is 564. The summed E-state index contributed by atoms with van der Waals surface area (Å²) in [5.41, 5.74) is 9.39. The quantitative estimate of drug-likeness (QED) is 0.870. The highest BCUT2D eigenvalue weighted by molar-refractivity contribution is 5.77. The van der Waals surface area contributed by atoms with Gasteiger partial charge in [-0.3, -0.25) is 9.48 Å². The van der Waals surface area contributed by atoms with Crippen molar-refractivity contribution >= 4 is 5.91 Å². The number of carbonyl (C=O) groups excluding carboxylic acids is 1. The van der Waals surface area contributed by atoms with Crippen LogP contribution in [0, 0.1) is 25.7 Å². The summed E-state index contributed by atoms with van der Waals surface area (Å²) >= 11 is 0. The maximum atomic E-state index is 12.7. The van der Waals surface area contributed by atoms with E-state index in [4.69, 9.17) is 5.73 Å². The van der Waals surface area contributed by atoms with Crippen molar-refractivity contribution in [2.75, 3.05) is 13.1 Å². The average molecular weight is 335 g/mol. The van der Waals surface area contributed by atoms with Gasteiger partial charge in [0.25, 0.3) is 0 Å². The van der Waals surface area contributed by atoms with E-state index in [1.54, 1.807) is 0 Å². The summed E-state index contributed by atoms with van der Waals surface area (Å²) in [7, 11) is 0. The zero-order valence-corrected chi connectivity index (χ0v) is 16.0. The summed E-state index contributed by atoms with van der Waals surface area (Å²) in [6.07, 6.45) is 3.46. The van der Waals surface area contributed by atoms with Gasteiger partial charge in [0.1, 0.15) is 0 Å². The van der Waals surface area contributed by atoms with E-state index in [0.29, 0.717) is 24.8 Å². The van der Waals surface area contributed by atoms with Crippen molar-refractivity contribution in [3.8, 4) is 0 Å².